The molecule has 19 heavy (non-hydrogen) atoms. The average molecular weight is 408 g/mol. The molecule has 5 heteroatoms. The van der Waals surface area contributed by atoms with Crippen LogP contribution in [0.15, 0.2) is 0 Å². The van der Waals surface area contributed by atoms with Crippen LogP contribution in [0.3, 0.4) is 0 Å². The Morgan fingerprint density at radius 3 is 2.00 bits per heavy atom. The molecular formula is C14H20Br2O2Si. The first-order valence-corrected chi connectivity index (χ1v) is 11.6. The minimum absolute atomic E-state index is 0.214. The van der Waals surface area contributed by atoms with Crippen molar-refractivity contribution in [2.75, 3.05) is 0 Å². The molecule has 0 atom stereocenters. The predicted molar refractivity (Wildman–Crippen MR) is 90.3 cm³/mol. The second-order valence-corrected chi connectivity index (χ2v) is 13.0. The van der Waals surface area contributed by atoms with Crippen LogP contribution in [-0.4, -0.2) is 13.2 Å². The lowest BCUT2D eigenvalue weighted by molar-refractivity contribution is 0.466. The zero-order valence-electron chi connectivity index (χ0n) is 12.0. The third-order valence-electron chi connectivity index (χ3n) is 4.51. The van der Waals surface area contributed by atoms with Crippen molar-refractivity contribution >= 4 is 45.1 Å². The van der Waals surface area contributed by atoms with E-state index in [9.17, 15) is 5.11 Å². The van der Waals surface area contributed by atoms with Gasteiger partial charge in [0.2, 0.25) is 0 Å². The summed E-state index contributed by atoms with van der Waals surface area (Å²) in [7, 11) is -1.74. The fraction of sp³-hybridized carbons (Fsp3) is 0.571. The number of halogens is 2. The first-order chi connectivity index (χ1) is 8.66. The van der Waals surface area contributed by atoms with Gasteiger partial charge in [0.1, 0.15) is 5.75 Å². The fourth-order valence-electron chi connectivity index (χ4n) is 2.28. The number of alkyl halides is 2. The SMILES string of the molecule is CC(C)(C)[Si](C)(C)c1c(CBr)c(O)c(CBr)c2c1O2. The molecule has 1 aromatic rings. The van der Waals surface area contributed by atoms with E-state index in [-0.39, 0.29) is 5.04 Å². The van der Waals surface area contributed by atoms with E-state index in [0.29, 0.717) is 16.4 Å². The molecule has 0 radical (unpaired) electrons. The number of ether oxygens (including phenoxy) is 1. The van der Waals surface area contributed by atoms with Crippen molar-refractivity contribution in [3.8, 4) is 17.2 Å². The van der Waals surface area contributed by atoms with Crippen LogP contribution >= 0.6 is 31.9 Å². The molecule has 2 nitrogen and oxygen atoms in total. The second kappa shape index (κ2) is 4.78. The summed E-state index contributed by atoms with van der Waals surface area (Å²) in [4.78, 5) is 0. The van der Waals surface area contributed by atoms with Crippen LogP contribution in [0.4, 0.5) is 0 Å². The number of aromatic hydroxyl groups is 1. The zero-order chi connectivity index (χ0) is 14.6. The number of benzene rings is 1. The van der Waals surface area contributed by atoms with Gasteiger partial charge < -0.3 is 9.84 Å². The van der Waals surface area contributed by atoms with Crippen LogP contribution in [-0.2, 0) is 10.7 Å². The highest BCUT2D eigenvalue weighted by atomic mass is 79.9. The normalized spacial score (nSPS) is 14.1. The first-order valence-electron chi connectivity index (χ1n) is 6.37. The van der Waals surface area contributed by atoms with E-state index in [1.807, 2.05) is 0 Å². The van der Waals surface area contributed by atoms with Crippen molar-refractivity contribution in [1.29, 1.82) is 0 Å². The quantitative estimate of drug-likeness (QED) is 0.441. The Morgan fingerprint density at radius 1 is 1.05 bits per heavy atom. The summed E-state index contributed by atoms with van der Waals surface area (Å²) in [5, 5.41) is 13.3. The number of hydrogen-bond donors (Lipinski definition) is 1. The van der Waals surface area contributed by atoms with Gasteiger partial charge in [-0.25, -0.2) is 0 Å². The Bertz CT molecular complexity index is 533. The van der Waals surface area contributed by atoms with Gasteiger partial charge >= 0.3 is 0 Å². The Morgan fingerprint density at radius 2 is 1.58 bits per heavy atom. The number of phenols is 1. The summed E-state index contributed by atoms with van der Waals surface area (Å²) < 4.78 is 5.72. The molecule has 2 rings (SSSR count). The molecular weight excluding hydrogens is 388 g/mol. The maximum absolute atomic E-state index is 10.5. The summed E-state index contributed by atoms with van der Waals surface area (Å²) in [6.45, 7) is 11.5. The third-order valence-corrected chi connectivity index (χ3v) is 11.2. The smallest absolute Gasteiger partial charge is 0.177 e. The monoisotopic (exact) mass is 406 g/mol. The maximum Gasteiger partial charge on any atom is 0.177 e. The van der Waals surface area contributed by atoms with Gasteiger partial charge in [-0.05, 0) is 10.2 Å². The number of rotatable bonds is 3. The number of hydrogen-bond acceptors (Lipinski definition) is 2. The van der Waals surface area contributed by atoms with Crippen LogP contribution in [0.5, 0.6) is 17.2 Å². The Hall–Kier alpha value is -0.00312. The molecule has 0 spiro atoms. The first kappa shape index (κ1) is 15.4. The van der Waals surface area contributed by atoms with Gasteiger partial charge in [0.05, 0.1) is 13.6 Å². The average Bonchev–Trinajstić information content (AvgIpc) is 3.04. The molecule has 106 valence electrons. The van der Waals surface area contributed by atoms with Gasteiger partial charge in [0.15, 0.2) is 11.5 Å². The molecule has 0 aromatic heterocycles. The molecule has 1 aliphatic rings. The van der Waals surface area contributed by atoms with Crippen molar-refractivity contribution in [2.24, 2.45) is 0 Å². The van der Waals surface area contributed by atoms with Gasteiger partial charge in [-0.15, -0.1) is 0 Å². The molecule has 1 N–H and O–H groups in total. The van der Waals surface area contributed by atoms with E-state index in [0.717, 1.165) is 22.6 Å². The van der Waals surface area contributed by atoms with Crippen LogP contribution < -0.4 is 9.92 Å². The zero-order valence-corrected chi connectivity index (χ0v) is 16.2. The van der Waals surface area contributed by atoms with E-state index in [1.165, 1.54) is 5.19 Å². The van der Waals surface area contributed by atoms with Gasteiger partial charge in [0, 0.05) is 16.2 Å². The summed E-state index contributed by atoms with van der Waals surface area (Å²) in [6.07, 6.45) is 0. The minimum atomic E-state index is -1.74. The van der Waals surface area contributed by atoms with Gasteiger partial charge in [-0.2, -0.15) is 0 Å². The molecule has 1 heterocycles. The van der Waals surface area contributed by atoms with Crippen molar-refractivity contribution in [3.05, 3.63) is 11.1 Å². The lowest BCUT2D eigenvalue weighted by Crippen LogP contribution is -2.50. The highest BCUT2D eigenvalue weighted by molar-refractivity contribution is 9.08. The highest BCUT2D eigenvalue weighted by Crippen LogP contribution is 2.55. The summed E-state index contributed by atoms with van der Waals surface area (Å²) in [5.74, 6) is 2.30. The van der Waals surface area contributed by atoms with E-state index >= 15 is 0 Å². The van der Waals surface area contributed by atoms with Crippen LogP contribution in [0.1, 0.15) is 31.9 Å². The van der Waals surface area contributed by atoms with E-state index in [1.54, 1.807) is 0 Å². The second-order valence-electron chi connectivity index (χ2n) is 6.58. The third kappa shape index (κ3) is 2.27. The summed E-state index contributed by atoms with van der Waals surface area (Å²) >= 11 is 6.96. The molecule has 1 aliphatic heterocycles. The predicted octanol–water partition coefficient (Wildman–Crippen LogP) is 5.00. The Kier molecular flexibility index (Phi) is 3.87. The molecule has 0 amide bonds. The van der Waals surface area contributed by atoms with Crippen LogP contribution in [0.2, 0.25) is 18.1 Å². The standard InChI is InChI=1S/C14H20Br2O2Si/c1-14(2,3)19(4,5)13-9(7-16)10(17)8(6-15)11-12(13)18-11/h17H,6-7H2,1-5H3. The van der Waals surface area contributed by atoms with E-state index < -0.39 is 8.07 Å². The van der Waals surface area contributed by atoms with Gasteiger partial charge in [-0.1, -0.05) is 65.7 Å². The molecule has 0 unspecified atom stereocenters. The maximum atomic E-state index is 10.5. The van der Waals surface area contributed by atoms with Crippen molar-refractivity contribution in [2.45, 2.75) is 49.6 Å². The largest absolute Gasteiger partial charge is 0.507 e. The van der Waals surface area contributed by atoms with E-state index in [2.05, 4.69) is 65.7 Å². The van der Waals surface area contributed by atoms with Gasteiger partial charge in [0.25, 0.3) is 0 Å². The van der Waals surface area contributed by atoms with Gasteiger partial charge in [-0.3, -0.25) is 0 Å². The molecule has 0 fully saturated rings. The molecule has 0 saturated heterocycles. The number of phenolic OH excluding ortho intramolecular Hbond substituents is 1. The lowest BCUT2D eigenvalue weighted by Gasteiger charge is -2.37. The molecule has 0 bridgehead atoms. The molecule has 1 aromatic carbocycles. The Labute approximate surface area is 132 Å². The van der Waals surface area contributed by atoms with Crippen molar-refractivity contribution in [1.82, 2.24) is 0 Å². The van der Waals surface area contributed by atoms with Crippen LogP contribution in [0, 0.1) is 0 Å². The van der Waals surface area contributed by atoms with E-state index in [4.69, 9.17) is 4.74 Å². The molecule has 0 saturated carbocycles. The summed E-state index contributed by atoms with van der Waals surface area (Å²) in [6, 6.07) is 0. The van der Waals surface area contributed by atoms with Crippen molar-refractivity contribution in [3.63, 3.8) is 0 Å². The van der Waals surface area contributed by atoms with Crippen molar-refractivity contribution < 1.29 is 9.84 Å². The molecule has 0 aliphatic carbocycles. The lowest BCUT2D eigenvalue weighted by atomic mass is 10.1. The Balaban J connectivity index is 2.71. The summed E-state index contributed by atoms with van der Waals surface area (Å²) in [5.41, 5.74) is 1.89. The highest BCUT2D eigenvalue weighted by Gasteiger charge is 2.46. The van der Waals surface area contributed by atoms with Crippen LogP contribution in [0.25, 0.3) is 0 Å². The number of fused-ring (bicyclic) bond motifs is 1. The minimum Gasteiger partial charge on any atom is -0.507 e. The fourth-order valence-corrected chi connectivity index (χ4v) is 6.04. The topological polar surface area (TPSA) is 32.8 Å².